The molecule has 2 aromatic carbocycles. The molecule has 0 radical (unpaired) electrons. The molecule has 0 heterocycles. The van der Waals surface area contributed by atoms with Crippen LogP contribution in [0.3, 0.4) is 0 Å². The van der Waals surface area contributed by atoms with Crippen LogP contribution in [0.1, 0.15) is 30.6 Å². The summed E-state index contributed by atoms with van der Waals surface area (Å²) in [5.41, 5.74) is 1.16. The van der Waals surface area contributed by atoms with Crippen LogP contribution in [0.4, 0.5) is 11.4 Å². The van der Waals surface area contributed by atoms with Gasteiger partial charge in [0.25, 0.3) is 5.91 Å². The van der Waals surface area contributed by atoms with Gasteiger partial charge in [0.2, 0.25) is 5.91 Å². The average molecular weight is 477 g/mol. The van der Waals surface area contributed by atoms with Crippen LogP contribution in [0.25, 0.3) is 0 Å². The Hall–Kier alpha value is -3.73. The Bertz CT molecular complexity index is 1110. The van der Waals surface area contributed by atoms with E-state index < -0.39 is 46.5 Å². The number of hydrogen-bond donors (Lipinski definition) is 2. The van der Waals surface area contributed by atoms with Gasteiger partial charge in [-0.2, -0.15) is 0 Å². The monoisotopic (exact) mass is 476 g/mol. The fourth-order valence-electron chi connectivity index (χ4n) is 2.60. The van der Waals surface area contributed by atoms with Gasteiger partial charge in [0.15, 0.2) is 16.4 Å². The lowest BCUT2D eigenvalue weighted by atomic mass is 10.2. The van der Waals surface area contributed by atoms with E-state index in [0.717, 1.165) is 0 Å². The van der Waals surface area contributed by atoms with Crippen LogP contribution < -0.4 is 10.6 Å². The number of amides is 2. The van der Waals surface area contributed by atoms with Crippen LogP contribution in [0.15, 0.2) is 53.4 Å². The second-order valence-electron chi connectivity index (χ2n) is 6.78. The van der Waals surface area contributed by atoms with Crippen LogP contribution in [0.2, 0.25) is 0 Å². The molecule has 0 aliphatic carbocycles. The molecule has 2 rings (SSSR count). The van der Waals surface area contributed by atoms with Gasteiger partial charge in [-0.1, -0.05) is 0 Å². The zero-order chi connectivity index (χ0) is 24.4. The fourth-order valence-corrected chi connectivity index (χ4v) is 3.83. The Morgan fingerprint density at radius 2 is 1.42 bits per heavy atom. The number of carbonyl (C=O) groups is 4. The quantitative estimate of drug-likeness (QED) is 0.496. The van der Waals surface area contributed by atoms with E-state index in [1.165, 1.54) is 55.5 Å². The molecule has 11 heteroatoms. The lowest BCUT2D eigenvalue weighted by Gasteiger charge is -2.08. The molecule has 0 aliphatic rings. The lowest BCUT2D eigenvalue weighted by Crippen LogP contribution is -2.22. The number of carbonyl (C=O) groups excluding carboxylic acids is 4. The first-order valence-electron chi connectivity index (χ1n) is 9.94. The van der Waals surface area contributed by atoms with E-state index in [2.05, 4.69) is 10.6 Å². The van der Waals surface area contributed by atoms with Crippen molar-refractivity contribution in [1.82, 2.24) is 0 Å². The second-order valence-corrected chi connectivity index (χ2v) is 8.89. The van der Waals surface area contributed by atoms with Crippen molar-refractivity contribution >= 4 is 45.0 Å². The van der Waals surface area contributed by atoms with Gasteiger partial charge in [-0.3, -0.25) is 14.4 Å². The minimum Gasteiger partial charge on any atom is -0.462 e. The summed E-state index contributed by atoms with van der Waals surface area (Å²) in [5.74, 6) is -2.73. The van der Waals surface area contributed by atoms with Crippen molar-refractivity contribution in [3.05, 3.63) is 54.1 Å². The Morgan fingerprint density at radius 3 is 2.00 bits per heavy atom. The molecule has 0 aromatic heterocycles. The molecule has 176 valence electrons. The van der Waals surface area contributed by atoms with Crippen LogP contribution in [-0.2, 0) is 33.7 Å². The van der Waals surface area contributed by atoms with Crippen molar-refractivity contribution in [1.29, 1.82) is 0 Å². The van der Waals surface area contributed by atoms with Crippen molar-refractivity contribution in [2.45, 2.75) is 25.2 Å². The predicted molar refractivity (Wildman–Crippen MR) is 119 cm³/mol. The maximum atomic E-state index is 12.4. The molecule has 0 atom stereocenters. The first-order chi connectivity index (χ1) is 15.6. The van der Waals surface area contributed by atoms with E-state index in [9.17, 15) is 27.6 Å². The Kier molecular flexibility index (Phi) is 9.10. The molecule has 0 spiro atoms. The molecule has 0 fully saturated rings. The predicted octanol–water partition coefficient (Wildman–Crippen LogP) is 2.17. The van der Waals surface area contributed by atoms with Gasteiger partial charge < -0.3 is 20.1 Å². The highest BCUT2D eigenvalue weighted by Crippen LogP contribution is 2.16. The van der Waals surface area contributed by atoms with E-state index in [-0.39, 0.29) is 17.4 Å². The summed E-state index contributed by atoms with van der Waals surface area (Å²) in [7, 11) is -3.75. The molecular weight excluding hydrogens is 452 g/mol. The molecule has 2 N–H and O–H groups in total. The summed E-state index contributed by atoms with van der Waals surface area (Å²) < 4.78 is 34.4. The van der Waals surface area contributed by atoms with Gasteiger partial charge in [-0.15, -0.1) is 0 Å². The third kappa shape index (κ3) is 8.37. The number of ether oxygens (including phenoxy) is 2. The zero-order valence-electron chi connectivity index (χ0n) is 18.1. The third-order valence-electron chi connectivity index (χ3n) is 4.15. The Labute approximate surface area is 191 Å². The highest BCUT2D eigenvalue weighted by molar-refractivity contribution is 7.91. The van der Waals surface area contributed by atoms with Crippen LogP contribution in [0.5, 0.6) is 0 Å². The van der Waals surface area contributed by atoms with Gasteiger partial charge in [0, 0.05) is 18.3 Å². The van der Waals surface area contributed by atoms with Crippen LogP contribution >= 0.6 is 0 Å². The SMILES string of the molecule is CCOC(=O)c1ccc(NC(=O)COC(=O)CCS(=O)(=O)c2ccc(NC(C)=O)cc2)cc1. The van der Waals surface area contributed by atoms with E-state index in [1.54, 1.807) is 6.92 Å². The minimum atomic E-state index is -3.75. The summed E-state index contributed by atoms with van der Waals surface area (Å²) >= 11 is 0. The number of hydrogen-bond acceptors (Lipinski definition) is 8. The van der Waals surface area contributed by atoms with Gasteiger partial charge >= 0.3 is 11.9 Å². The first kappa shape index (κ1) is 25.5. The number of benzene rings is 2. The summed E-state index contributed by atoms with van der Waals surface area (Å²) in [5, 5.41) is 5.02. The number of nitrogens with one attached hydrogen (secondary N) is 2. The van der Waals surface area contributed by atoms with Crippen molar-refractivity contribution in [3.8, 4) is 0 Å². The fraction of sp³-hybridized carbons (Fsp3) is 0.273. The molecule has 0 aliphatic heterocycles. The van der Waals surface area contributed by atoms with Gasteiger partial charge in [-0.05, 0) is 55.5 Å². The molecule has 2 amide bonds. The Morgan fingerprint density at radius 1 is 0.848 bits per heavy atom. The maximum absolute atomic E-state index is 12.4. The first-order valence-corrected chi connectivity index (χ1v) is 11.6. The van der Waals surface area contributed by atoms with E-state index in [4.69, 9.17) is 9.47 Å². The van der Waals surface area contributed by atoms with E-state index in [1.807, 2.05) is 0 Å². The lowest BCUT2D eigenvalue weighted by molar-refractivity contribution is -0.146. The highest BCUT2D eigenvalue weighted by atomic mass is 32.2. The van der Waals surface area contributed by atoms with Gasteiger partial charge in [-0.25, -0.2) is 13.2 Å². The average Bonchev–Trinajstić information content (AvgIpc) is 2.77. The molecule has 33 heavy (non-hydrogen) atoms. The minimum absolute atomic E-state index is 0.00610. The summed E-state index contributed by atoms with van der Waals surface area (Å²) in [6.07, 6.45) is -0.433. The molecule has 0 saturated heterocycles. The molecule has 0 bridgehead atoms. The largest absolute Gasteiger partial charge is 0.462 e. The standard InChI is InChI=1S/C22H24N2O8S/c1-3-31-22(28)16-4-6-18(7-5-16)24-20(26)14-32-21(27)12-13-33(29,30)19-10-8-17(9-11-19)23-15(2)25/h4-11H,3,12-14H2,1-2H3,(H,23,25)(H,24,26). The van der Waals surface area contributed by atoms with Gasteiger partial charge in [0.05, 0.1) is 29.2 Å². The van der Waals surface area contributed by atoms with Crippen molar-refractivity contribution in [2.24, 2.45) is 0 Å². The Balaban J connectivity index is 1.79. The van der Waals surface area contributed by atoms with Crippen LogP contribution in [0, 0.1) is 0 Å². The number of sulfone groups is 1. The molecule has 10 nitrogen and oxygen atoms in total. The highest BCUT2D eigenvalue weighted by Gasteiger charge is 2.18. The zero-order valence-corrected chi connectivity index (χ0v) is 18.9. The van der Waals surface area contributed by atoms with Crippen molar-refractivity contribution in [3.63, 3.8) is 0 Å². The molecular formula is C22H24N2O8S. The second kappa shape index (κ2) is 11.8. The van der Waals surface area contributed by atoms with Gasteiger partial charge in [0.1, 0.15) is 0 Å². The smallest absolute Gasteiger partial charge is 0.338 e. The summed E-state index contributed by atoms with van der Waals surface area (Å²) in [6, 6.07) is 11.5. The normalized spacial score (nSPS) is 10.7. The number of esters is 2. The van der Waals surface area contributed by atoms with Crippen molar-refractivity contribution in [2.75, 3.05) is 29.6 Å². The number of rotatable bonds is 10. The summed E-state index contributed by atoms with van der Waals surface area (Å²) in [4.78, 5) is 46.4. The van der Waals surface area contributed by atoms with E-state index >= 15 is 0 Å². The molecule has 0 saturated carbocycles. The van der Waals surface area contributed by atoms with Crippen molar-refractivity contribution < 1.29 is 37.1 Å². The van der Waals surface area contributed by atoms with Crippen LogP contribution in [-0.4, -0.2) is 51.1 Å². The third-order valence-corrected chi connectivity index (χ3v) is 5.88. The maximum Gasteiger partial charge on any atom is 0.338 e. The van der Waals surface area contributed by atoms with E-state index in [0.29, 0.717) is 16.9 Å². The number of anilines is 2. The molecule has 2 aromatic rings. The molecule has 0 unspecified atom stereocenters. The topological polar surface area (TPSA) is 145 Å². The summed E-state index contributed by atoms with van der Waals surface area (Å²) in [6.45, 7) is 2.67.